The molecule has 16 heavy (non-hydrogen) atoms. The summed E-state index contributed by atoms with van der Waals surface area (Å²) in [4.78, 5) is 10.9. The summed E-state index contributed by atoms with van der Waals surface area (Å²) < 4.78 is 0. The largest absolute Gasteiger partial charge is 0.394 e. The Morgan fingerprint density at radius 1 is 1.56 bits per heavy atom. The number of aryl methyl sites for hydroxylation is 1. The number of hydrogen-bond donors (Lipinski definition) is 2. The average molecular weight is 243 g/mol. The summed E-state index contributed by atoms with van der Waals surface area (Å²) >= 11 is 1.18. The minimum Gasteiger partial charge on any atom is -0.394 e. The molecule has 0 bridgehead atoms. The van der Waals surface area contributed by atoms with E-state index in [-0.39, 0.29) is 18.0 Å². The zero-order chi connectivity index (χ0) is 12.1. The number of thioether (sulfide) groups is 1. The molecule has 0 fully saturated rings. The maximum atomic E-state index is 10.8. The summed E-state index contributed by atoms with van der Waals surface area (Å²) in [5, 5.41) is 28.6. The molecule has 5 nitrogen and oxygen atoms in total. The van der Waals surface area contributed by atoms with E-state index in [1.165, 1.54) is 17.8 Å². The molecule has 0 heterocycles. The van der Waals surface area contributed by atoms with Crippen LogP contribution in [0.4, 0.5) is 5.69 Å². The third-order valence-corrected chi connectivity index (χ3v) is 3.39. The van der Waals surface area contributed by atoms with Gasteiger partial charge in [0.2, 0.25) is 0 Å². The fourth-order valence-electron chi connectivity index (χ4n) is 1.20. The standard InChI is InChI=1S/C10H13NO4S/c1-7-3-2-4-9(11(14)15)10(7)16-6-8(13)5-12/h2-4,8,12-13H,5-6H2,1H3. The van der Waals surface area contributed by atoms with E-state index >= 15 is 0 Å². The summed E-state index contributed by atoms with van der Waals surface area (Å²) in [6.07, 6.45) is -0.857. The van der Waals surface area contributed by atoms with Gasteiger partial charge in [-0.2, -0.15) is 0 Å². The average Bonchev–Trinajstić information content (AvgIpc) is 2.26. The first-order valence-corrected chi connectivity index (χ1v) is 5.70. The van der Waals surface area contributed by atoms with E-state index in [0.29, 0.717) is 4.90 Å². The van der Waals surface area contributed by atoms with Gasteiger partial charge >= 0.3 is 0 Å². The number of aliphatic hydroxyl groups excluding tert-OH is 2. The lowest BCUT2D eigenvalue weighted by Gasteiger charge is -2.08. The SMILES string of the molecule is Cc1cccc([N+](=O)[O-])c1SCC(O)CO. The maximum absolute atomic E-state index is 10.8. The van der Waals surface area contributed by atoms with E-state index in [0.717, 1.165) is 5.56 Å². The van der Waals surface area contributed by atoms with Crippen LogP contribution < -0.4 is 0 Å². The second-order valence-electron chi connectivity index (χ2n) is 3.33. The molecule has 1 rings (SSSR count). The van der Waals surface area contributed by atoms with Crippen LogP contribution in [0.5, 0.6) is 0 Å². The first kappa shape index (κ1) is 13.0. The fraction of sp³-hybridized carbons (Fsp3) is 0.400. The first-order chi connectivity index (χ1) is 7.56. The predicted octanol–water partition coefficient (Wildman–Crippen LogP) is 1.35. The number of rotatable bonds is 5. The van der Waals surface area contributed by atoms with Crippen LogP contribution >= 0.6 is 11.8 Å². The third kappa shape index (κ3) is 3.19. The molecule has 1 atom stereocenters. The van der Waals surface area contributed by atoms with Crippen molar-refractivity contribution in [1.82, 2.24) is 0 Å². The van der Waals surface area contributed by atoms with Gasteiger partial charge in [-0.1, -0.05) is 12.1 Å². The number of nitrogens with zero attached hydrogens (tertiary/aromatic N) is 1. The molecule has 1 aromatic carbocycles. The quantitative estimate of drug-likeness (QED) is 0.463. The van der Waals surface area contributed by atoms with Crippen molar-refractivity contribution in [1.29, 1.82) is 0 Å². The van der Waals surface area contributed by atoms with Gasteiger partial charge in [0.15, 0.2) is 0 Å². The van der Waals surface area contributed by atoms with Crippen LogP contribution in [-0.4, -0.2) is 33.6 Å². The van der Waals surface area contributed by atoms with E-state index in [1.54, 1.807) is 19.1 Å². The zero-order valence-corrected chi connectivity index (χ0v) is 9.61. The summed E-state index contributed by atoms with van der Waals surface area (Å²) in [7, 11) is 0. The molecule has 0 saturated heterocycles. The first-order valence-electron chi connectivity index (χ1n) is 4.72. The molecule has 0 aromatic heterocycles. The predicted molar refractivity (Wildman–Crippen MR) is 61.7 cm³/mol. The monoisotopic (exact) mass is 243 g/mol. The topological polar surface area (TPSA) is 83.6 Å². The lowest BCUT2D eigenvalue weighted by atomic mass is 10.2. The van der Waals surface area contributed by atoms with Gasteiger partial charge in [-0.3, -0.25) is 10.1 Å². The van der Waals surface area contributed by atoms with Gasteiger partial charge < -0.3 is 10.2 Å². The second kappa shape index (κ2) is 5.83. The summed E-state index contributed by atoms with van der Waals surface area (Å²) in [6.45, 7) is 1.44. The molecule has 1 unspecified atom stereocenters. The number of nitro benzene ring substituents is 1. The molecule has 0 radical (unpaired) electrons. The van der Waals surface area contributed by atoms with Gasteiger partial charge in [0.05, 0.1) is 22.5 Å². The number of hydrogen-bond acceptors (Lipinski definition) is 5. The lowest BCUT2D eigenvalue weighted by molar-refractivity contribution is -0.387. The third-order valence-electron chi connectivity index (χ3n) is 2.02. The van der Waals surface area contributed by atoms with Crippen molar-refractivity contribution < 1.29 is 15.1 Å². The summed E-state index contributed by atoms with van der Waals surface area (Å²) in [6, 6.07) is 4.83. The highest BCUT2D eigenvalue weighted by Gasteiger charge is 2.16. The van der Waals surface area contributed by atoms with E-state index in [4.69, 9.17) is 5.11 Å². The van der Waals surface area contributed by atoms with Crippen LogP contribution in [-0.2, 0) is 0 Å². The molecule has 0 aliphatic carbocycles. The Balaban J connectivity index is 2.88. The van der Waals surface area contributed by atoms with Crippen LogP contribution in [0.2, 0.25) is 0 Å². The van der Waals surface area contributed by atoms with Crippen LogP contribution in [0, 0.1) is 17.0 Å². The Bertz CT molecular complexity index is 383. The van der Waals surface area contributed by atoms with E-state index in [2.05, 4.69) is 0 Å². The smallest absolute Gasteiger partial charge is 0.283 e. The molecule has 2 N–H and O–H groups in total. The highest BCUT2D eigenvalue weighted by molar-refractivity contribution is 7.99. The van der Waals surface area contributed by atoms with Crippen molar-refractivity contribution in [3.63, 3.8) is 0 Å². The van der Waals surface area contributed by atoms with Crippen molar-refractivity contribution in [2.24, 2.45) is 0 Å². The van der Waals surface area contributed by atoms with E-state index in [1.807, 2.05) is 0 Å². The van der Waals surface area contributed by atoms with Crippen LogP contribution in [0.1, 0.15) is 5.56 Å². The molecule has 88 valence electrons. The molecule has 0 aliphatic rings. The highest BCUT2D eigenvalue weighted by Crippen LogP contribution is 2.32. The van der Waals surface area contributed by atoms with E-state index in [9.17, 15) is 15.2 Å². The van der Waals surface area contributed by atoms with Gasteiger partial charge in [0, 0.05) is 11.8 Å². The van der Waals surface area contributed by atoms with Crippen molar-refractivity contribution in [3.8, 4) is 0 Å². The van der Waals surface area contributed by atoms with Crippen molar-refractivity contribution in [2.75, 3.05) is 12.4 Å². The van der Waals surface area contributed by atoms with Gasteiger partial charge in [0.1, 0.15) is 0 Å². The van der Waals surface area contributed by atoms with Crippen molar-refractivity contribution in [3.05, 3.63) is 33.9 Å². The van der Waals surface area contributed by atoms with Gasteiger partial charge in [-0.25, -0.2) is 0 Å². The van der Waals surface area contributed by atoms with Crippen molar-refractivity contribution >= 4 is 17.4 Å². The zero-order valence-electron chi connectivity index (χ0n) is 8.79. The number of nitro groups is 1. The molecule has 0 aliphatic heterocycles. The summed E-state index contributed by atoms with van der Waals surface area (Å²) in [5.41, 5.74) is 0.833. The van der Waals surface area contributed by atoms with Crippen molar-refractivity contribution in [2.45, 2.75) is 17.9 Å². The lowest BCUT2D eigenvalue weighted by Crippen LogP contribution is -2.14. The van der Waals surface area contributed by atoms with Crippen LogP contribution in [0.3, 0.4) is 0 Å². The molecule has 0 saturated carbocycles. The number of benzene rings is 1. The molecule has 0 spiro atoms. The Hall–Kier alpha value is -1.11. The molecule has 6 heteroatoms. The Morgan fingerprint density at radius 2 is 2.25 bits per heavy atom. The minimum absolute atomic E-state index is 0.0372. The molecular weight excluding hydrogens is 230 g/mol. The van der Waals surface area contributed by atoms with Gasteiger partial charge in [-0.15, -0.1) is 11.8 Å². The van der Waals surface area contributed by atoms with Crippen LogP contribution in [0.25, 0.3) is 0 Å². The highest BCUT2D eigenvalue weighted by atomic mass is 32.2. The molecule has 0 amide bonds. The second-order valence-corrected chi connectivity index (χ2v) is 4.36. The fourth-order valence-corrected chi connectivity index (χ4v) is 2.25. The van der Waals surface area contributed by atoms with Crippen LogP contribution in [0.15, 0.2) is 23.1 Å². The minimum atomic E-state index is -0.857. The normalized spacial score (nSPS) is 12.4. The van der Waals surface area contributed by atoms with Gasteiger partial charge in [0.25, 0.3) is 5.69 Å². The number of aliphatic hydroxyl groups is 2. The Kier molecular flexibility index (Phi) is 4.72. The molecule has 1 aromatic rings. The Labute approximate surface area is 97.3 Å². The molecular formula is C10H13NO4S. The Morgan fingerprint density at radius 3 is 2.81 bits per heavy atom. The van der Waals surface area contributed by atoms with Gasteiger partial charge in [-0.05, 0) is 12.5 Å². The summed E-state index contributed by atoms with van der Waals surface area (Å²) in [5.74, 6) is 0.238. The van der Waals surface area contributed by atoms with E-state index < -0.39 is 11.0 Å². The maximum Gasteiger partial charge on any atom is 0.283 e.